The van der Waals surface area contributed by atoms with E-state index in [1.807, 2.05) is 0 Å². The lowest BCUT2D eigenvalue weighted by Gasteiger charge is -2.15. The van der Waals surface area contributed by atoms with Crippen LogP contribution in [0.15, 0.2) is 35.5 Å². The van der Waals surface area contributed by atoms with Crippen molar-refractivity contribution in [2.75, 3.05) is 33.2 Å². The average molecular weight is 393 g/mol. The van der Waals surface area contributed by atoms with Crippen LogP contribution in [0.1, 0.15) is 0 Å². The molecule has 0 radical (unpaired) electrons. The third-order valence-corrected chi connectivity index (χ3v) is 5.34. The number of H-pyrrole nitrogens is 1. The maximum absolute atomic E-state index is 12.9. The molecule has 0 unspecified atom stereocenters. The quantitative estimate of drug-likeness (QED) is 0.634. The summed E-state index contributed by atoms with van der Waals surface area (Å²) < 4.78 is 49.4. The van der Waals surface area contributed by atoms with Gasteiger partial charge in [0, 0.05) is 12.1 Å². The number of rotatable bonds is 7. The Hall–Kier alpha value is -3.14. The minimum absolute atomic E-state index is 0.00769. The largest absolute Gasteiger partial charge is 0.494 e. The van der Waals surface area contributed by atoms with Crippen molar-refractivity contribution in [1.29, 1.82) is 0 Å². The van der Waals surface area contributed by atoms with E-state index in [0.29, 0.717) is 28.5 Å². The number of hydrogen-bond donors (Lipinski definition) is 2. The standard InChI is InChI=1S/C17H19N3O6S/c1-23-11-5-6-14(16-15(11)18-9-19-16)27(21,22)20-10-7-12(24-2)17(26-4)13(8-10)25-3/h5-9,20H,1-4H3,(H,18,19). The molecule has 0 spiro atoms. The Labute approximate surface area is 156 Å². The zero-order valence-electron chi connectivity index (χ0n) is 15.2. The second kappa shape index (κ2) is 7.23. The van der Waals surface area contributed by atoms with Gasteiger partial charge in [-0.25, -0.2) is 13.4 Å². The van der Waals surface area contributed by atoms with Gasteiger partial charge in [0.2, 0.25) is 5.75 Å². The molecule has 0 aliphatic carbocycles. The van der Waals surface area contributed by atoms with Crippen LogP contribution in [0.2, 0.25) is 0 Å². The third kappa shape index (κ3) is 3.31. The van der Waals surface area contributed by atoms with Crippen molar-refractivity contribution in [1.82, 2.24) is 9.97 Å². The number of ether oxygens (including phenoxy) is 4. The van der Waals surface area contributed by atoms with E-state index >= 15 is 0 Å². The molecule has 0 aliphatic rings. The Morgan fingerprint density at radius 2 is 1.56 bits per heavy atom. The lowest BCUT2D eigenvalue weighted by molar-refractivity contribution is 0.325. The van der Waals surface area contributed by atoms with Crippen LogP contribution in [0.4, 0.5) is 5.69 Å². The fourth-order valence-electron chi connectivity index (χ4n) is 2.72. The fraction of sp³-hybridized carbons (Fsp3) is 0.235. The number of fused-ring (bicyclic) bond motifs is 1. The smallest absolute Gasteiger partial charge is 0.264 e. The second-order valence-electron chi connectivity index (χ2n) is 5.41. The van der Waals surface area contributed by atoms with Crippen LogP contribution in [0, 0.1) is 0 Å². The number of nitrogens with one attached hydrogen (secondary N) is 2. The van der Waals surface area contributed by atoms with Gasteiger partial charge in [0.05, 0.1) is 40.5 Å². The number of sulfonamides is 1. The maximum atomic E-state index is 12.9. The van der Waals surface area contributed by atoms with Crippen molar-refractivity contribution in [2.45, 2.75) is 4.90 Å². The number of methoxy groups -OCH3 is 4. The summed E-state index contributed by atoms with van der Waals surface area (Å²) in [6.07, 6.45) is 1.41. The summed E-state index contributed by atoms with van der Waals surface area (Å²) >= 11 is 0. The molecule has 0 fully saturated rings. The SMILES string of the molecule is COc1cc(NS(=O)(=O)c2ccc(OC)c3[nH]cnc23)cc(OC)c1OC. The molecule has 2 aromatic carbocycles. The summed E-state index contributed by atoms with van der Waals surface area (Å²) in [6, 6.07) is 6.00. The van der Waals surface area contributed by atoms with E-state index < -0.39 is 10.0 Å². The first-order valence-electron chi connectivity index (χ1n) is 7.78. The fourth-order valence-corrected chi connectivity index (χ4v) is 3.91. The van der Waals surface area contributed by atoms with Gasteiger partial charge in [-0.15, -0.1) is 0 Å². The molecular formula is C17H19N3O6S. The summed E-state index contributed by atoms with van der Waals surface area (Å²) in [5.41, 5.74) is 1.02. The van der Waals surface area contributed by atoms with Gasteiger partial charge >= 0.3 is 0 Å². The van der Waals surface area contributed by atoms with E-state index in [1.165, 1.54) is 53.0 Å². The van der Waals surface area contributed by atoms with Gasteiger partial charge in [0.1, 0.15) is 21.7 Å². The number of imidazole rings is 1. The molecule has 0 bridgehead atoms. The molecule has 1 aromatic heterocycles. The number of nitrogens with zero attached hydrogens (tertiary/aromatic N) is 1. The maximum Gasteiger partial charge on any atom is 0.264 e. The van der Waals surface area contributed by atoms with E-state index in [1.54, 1.807) is 6.07 Å². The van der Waals surface area contributed by atoms with Crippen LogP contribution < -0.4 is 23.7 Å². The van der Waals surface area contributed by atoms with E-state index in [0.717, 1.165) is 0 Å². The monoisotopic (exact) mass is 393 g/mol. The zero-order chi connectivity index (χ0) is 19.6. The Bertz CT molecular complexity index is 1050. The van der Waals surface area contributed by atoms with Gasteiger partial charge in [0.25, 0.3) is 10.0 Å². The zero-order valence-corrected chi connectivity index (χ0v) is 16.0. The normalized spacial score (nSPS) is 11.3. The van der Waals surface area contributed by atoms with E-state index in [2.05, 4.69) is 14.7 Å². The van der Waals surface area contributed by atoms with Crippen molar-refractivity contribution in [3.05, 3.63) is 30.6 Å². The topological polar surface area (TPSA) is 112 Å². The molecule has 0 saturated heterocycles. The van der Waals surface area contributed by atoms with Crippen LogP contribution in [0.5, 0.6) is 23.0 Å². The Balaban J connectivity index is 2.07. The molecule has 3 rings (SSSR count). The Morgan fingerprint density at radius 1 is 0.926 bits per heavy atom. The summed E-state index contributed by atoms with van der Waals surface area (Å²) in [4.78, 5) is 7.00. The minimum Gasteiger partial charge on any atom is -0.494 e. The van der Waals surface area contributed by atoms with Crippen molar-refractivity contribution in [3.8, 4) is 23.0 Å². The third-order valence-electron chi connectivity index (χ3n) is 3.93. The Kier molecular flexibility index (Phi) is 5.00. The van der Waals surface area contributed by atoms with Gasteiger partial charge in [0.15, 0.2) is 11.5 Å². The first-order chi connectivity index (χ1) is 12.9. The van der Waals surface area contributed by atoms with Crippen LogP contribution in [0.25, 0.3) is 11.0 Å². The van der Waals surface area contributed by atoms with Gasteiger partial charge in [-0.05, 0) is 12.1 Å². The van der Waals surface area contributed by atoms with Crippen LogP contribution in [-0.2, 0) is 10.0 Å². The summed E-state index contributed by atoms with van der Waals surface area (Å²) in [7, 11) is 1.92. The molecule has 10 heteroatoms. The van der Waals surface area contributed by atoms with Crippen LogP contribution >= 0.6 is 0 Å². The molecule has 144 valence electrons. The van der Waals surface area contributed by atoms with Gasteiger partial charge in [-0.3, -0.25) is 4.72 Å². The average Bonchev–Trinajstić information content (AvgIpc) is 3.15. The highest BCUT2D eigenvalue weighted by atomic mass is 32.2. The van der Waals surface area contributed by atoms with E-state index in [-0.39, 0.29) is 16.1 Å². The van der Waals surface area contributed by atoms with Gasteiger partial charge in [-0.1, -0.05) is 0 Å². The summed E-state index contributed by atoms with van der Waals surface area (Å²) in [5, 5.41) is 0. The molecule has 0 saturated carbocycles. The number of aromatic nitrogens is 2. The van der Waals surface area contributed by atoms with Gasteiger partial charge in [-0.2, -0.15) is 0 Å². The van der Waals surface area contributed by atoms with Crippen LogP contribution in [0.3, 0.4) is 0 Å². The Morgan fingerprint density at radius 3 is 2.11 bits per heavy atom. The molecule has 1 heterocycles. The molecule has 0 aliphatic heterocycles. The first kappa shape index (κ1) is 18.6. The number of aromatic amines is 1. The lowest BCUT2D eigenvalue weighted by atomic mass is 10.2. The van der Waals surface area contributed by atoms with Crippen molar-refractivity contribution in [2.24, 2.45) is 0 Å². The highest BCUT2D eigenvalue weighted by Gasteiger charge is 2.23. The molecule has 2 N–H and O–H groups in total. The van der Waals surface area contributed by atoms with Crippen LogP contribution in [-0.4, -0.2) is 46.8 Å². The molecule has 0 atom stereocenters. The number of hydrogen-bond acceptors (Lipinski definition) is 7. The first-order valence-corrected chi connectivity index (χ1v) is 9.26. The lowest BCUT2D eigenvalue weighted by Crippen LogP contribution is -2.14. The summed E-state index contributed by atoms with van der Waals surface area (Å²) in [5.74, 6) is 1.51. The second-order valence-corrected chi connectivity index (χ2v) is 7.06. The molecule has 9 nitrogen and oxygen atoms in total. The highest BCUT2D eigenvalue weighted by molar-refractivity contribution is 7.93. The van der Waals surface area contributed by atoms with Crippen molar-refractivity contribution in [3.63, 3.8) is 0 Å². The van der Waals surface area contributed by atoms with E-state index in [9.17, 15) is 8.42 Å². The molecule has 3 aromatic rings. The van der Waals surface area contributed by atoms with Crippen molar-refractivity contribution < 1.29 is 27.4 Å². The predicted octanol–water partition coefficient (Wildman–Crippen LogP) is 2.40. The number of anilines is 1. The summed E-state index contributed by atoms with van der Waals surface area (Å²) in [6.45, 7) is 0. The minimum atomic E-state index is -3.94. The molecule has 27 heavy (non-hydrogen) atoms. The van der Waals surface area contributed by atoms with Crippen molar-refractivity contribution >= 4 is 26.7 Å². The highest BCUT2D eigenvalue weighted by Crippen LogP contribution is 2.40. The molecule has 0 amide bonds. The van der Waals surface area contributed by atoms with E-state index in [4.69, 9.17) is 18.9 Å². The predicted molar refractivity (Wildman–Crippen MR) is 99.6 cm³/mol. The number of benzene rings is 2. The van der Waals surface area contributed by atoms with Gasteiger partial charge < -0.3 is 23.9 Å². The molecular weight excluding hydrogens is 374 g/mol.